The monoisotopic (exact) mass is 409 g/mol. The number of unbranched alkanes of at least 4 members (excludes halogenated alkanes) is 1. The molecule has 1 fully saturated rings. The fourth-order valence-electron chi connectivity index (χ4n) is 3.80. The Balaban J connectivity index is 1.85. The number of carbonyl (C=O) groups is 2. The second-order valence-electron chi connectivity index (χ2n) is 7.19. The number of ketones is 1. The summed E-state index contributed by atoms with van der Waals surface area (Å²) in [4.78, 5) is 27.3. The summed E-state index contributed by atoms with van der Waals surface area (Å²) in [5.74, 6) is 0.110. The Morgan fingerprint density at radius 3 is 2.73 bits per heavy atom. The first-order valence-electron chi connectivity index (χ1n) is 9.87. The average molecular weight is 409 g/mol. The lowest BCUT2D eigenvalue weighted by atomic mass is 9.95. The second kappa shape index (κ2) is 8.10. The number of aliphatic hydroxyl groups is 1. The highest BCUT2D eigenvalue weighted by Crippen LogP contribution is 2.42. The van der Waals surface area contributed by atoms with Gasteiger partial charge < -0.3 is 24.2 Å². The molecule has 2 aliphatic heterocycles. The molecule has 1 atom stereocenters. The summed E-state index contributed by atoms with van der Waals surface area (Å²) in [5, 5.41) is 11.1. The van der Waals surface area contributed by atoms with Gasteiger partial charge >= 0.3 is 0 Å². The van der Waals surface area contributed by atoms with Crippen molar-refractivity contribution in [1.29, 1.82) is 0 Å². The minimum atomic E-state index is -0.700. The van der Waals surface area contributed by atoms with Gasteiger partial charge in [-0.25, -0.2) is 0 Å². The molecule has 0 radical (unpaired) electrons. The van der Waals surface area contributed by atoms with Crippen molar-refractivity contribution in [2.75, 3.05) is 20.4 Å². The Hall–Kier alpha value is -3.48. The maximum Gasteiger partial charge on any atom is 0.295 e. The lowest BCUT2D eigenvalue weighted by Gasteiger charge is -2.25. The number of aliphatic hydroxyl groups excluding tert-OH is 1. The number of nitrogens with zero attached hydrogens (tertiary/aromatic N) is 1. The van der Waals surface area contributed by atoms with Crippen LogP contribution in [0.15, 0.2) is 48.0 Å². The van der Waals surface area contributed by atoms with Crippen LogP contribution in [0.1, 0.15) is 36.9 Å². The summed E-state index contributed by atoms with van der Waals surface area (Å²) in [7, 11) is 1.56. The Morgan fingerprint density at radius 1 is 1.17 bits per heavy atom. The number of rotatable bonds is 6. The Morgan fingerprint density at radius 2 is 1.97 bits per heavy atom. The smallest absolute Gasteiger partial charge is 0.295 e. The highest BCUT2D eigenvalue weighted by atomic mass is 16.7. The van der Waals surface area contributed by atoms with E-state index < -0.39 is 17.7 Å². The number of amides is 1. The maximum atomic E-state index is 13.0. The van der Waals surface area contributed by atoms with Crippen molar-refractivity contribution in [1.82, 2.24) is 4.90 Å². The van der Waals surface area contributed by atoms with E-state index >= 15 is 0 Å². The molecule has 4 rings (SSSR count). The van der Waals surface area contributed by atoms with Gasteiger partial charge in [-0.15, -0.1) is 0 Å². The fraction of sp³-hybridized carbons (Fsp3) is 0.304. The maximum absolute atomic E-state index is 13.0. The quantitative estimate of drug-likeness (QED) is 0.445. The number of hydrogen-bond acceptors (Lipinski definition) is 6. The van der Waals surface area contributed by atoms with Crippen LogP contribution in [0.5, 0.6) is 17.2 Å². The number of benzene rings is 2. The van der Waals surface area contributed by atoms with E-state index in [0.717, 1.165) is 12.8 Å². The summed E-state index contributed by atoms with van der Waals surface area (Å²) < 4.78 is 16.0. The highest BCUT2D eigenvalue weighted by molar-refractivity contribution is 6.46. The zero-order valence-electron chi connectivity index (χ0n) is 16.9. The highest BCUT2D eigenvalue weighted by Gasteiger charge is 2.45. The summed E-state index contributed by atoms with van der Waals surface area (Å²) in [6.45, 7) is 2.54. The van der Waals surface area contributed by atoms with E-state index in [1.54, 1.807) is 43.5 Å². The first-order chi connectivity index (χ1) is 14.5. The van der Waals surface area contributed by atoms with E-state index in [9.17, 15) is 14.7 Å². The molecule has 2 aliphatic rings. The Bertz CT molecular complexity index is 1030. The molecule has 2 aromatic carbocycles. The van der Waals surface area contributed by atoms with Crippen LogP contribution in [0.25, 0.3) is 5.76 Å². The summed E-state index contributed by atoms with van der Waals surface area (Å²) in [5.41, 5.74) is 1.15. The van der Waals surface area contributed by atoms with Crippen molar-refractivity contribution < 1.29 is 28.9 Å². The number of ether oxygens (including phenoxy) is 3. The third kappa shape index (κ3) is 3.36. The number of methoxy groups -OCH3 is 1. The summed E-state index contributed by atoms with van der Waals surface area (Å²) in [6.07, 6.45) is 1.62. The molecule has 7 nitrogen and oxygen atoms in total. The molecule has 1 amide bonds. The number of Topliss-reactive ketones (excluding diaryl/α,β-unsaturated/α-hetero) is 1. The molecular formula is C23H23NO6. The Kier molecular flexibility index (Phi) is 5.35. The molecule has 1 unspecified atom stereocenters. The fourth-order valence-corrected chi connectivity index (χ4v) is 3.80. The standard InChI is InChI=1S/C23H23NO6/c1-3-4-10-24-20(14-6-5-7-16(11-14)28-2)19(22(26)23(24)27)21(25)15-8-9-17-18(12-15)30-13-29-17/h5-9,11-12,20,25H,3-4,10,13H2,1-2H3/b21-19-. The van der Waals surface area contributed by atoms with Crippen molar-refractivity contribution in [2.45, 2.75) is 25.8 Å². The zero-order chi connectivity index (χ0) is 21.3. The van der Waals surface area contributed by atoms with Crippen LogP contribution in [0, 0.1) is 0 Å². The van der Waals surface area contributed by atoms with E-state index in [-0.39, 0.29) is 18.1 Å². The average Bonchev–Trinajstić information content (AvgIpc) is 3.34. The molecule has 2 aromatic rings. The normalized spacial score (nSPS) is 19.4. The van der Waals surface area contributed by atoms with Crippen LogP contribution in [0.2, 0.25) is 0 Å². The van der Waals surface area contributed by atoms with Crippen LogP contribution < -0.4 is 14.2 Å². The number of hydrogen-bond donors (Lipinski definition) is 1. The molecule has 0 aromatic heterocycles. The third-order valence-electron chi connectivity index (χ3n) is 5.35. The summed E-state index contributed by atoms with van der Waals surface area (Å²) >= 11 is 0. The SMILES string of the molecule is CCCCN1C(=O)C(=O)/C(=C(\O)c2ccc3c(c2)OCO3)C1c1cccc(OC)c1. The van der Waals surface area contributed by atoms with Crippen LogP contribution in [-0.2, 0) is 9.59 Å². The molecule has 0 spiro atoms. The molecule has 156 valence electrons. The lowest BCUT2D eigenvalue weighted by Crippen LogP contribution is -2.30. The van der Waals surface area contributed by atoms with E-state index in [2.05, 4.69) is 0 Å². The van der Waals surface area contributed by atoms with E-state index in [1.807, 2.05) is 13.0 Å². The topological polar surface area (TPSA) is 85.3 Å². The van der Waals surface area contributed by atoms with Crippen molar-refractivity contribution in [3.8, 4) is 17.2 Å². The van der Waals surface area contributed by atoms with Crippen molar-refractivity contribution in [2.24, 2.45) is 0 Å². The predicted molar refractivity (Wildman–Crippen MR) is 109 cm³/mol. The minimum absolute atomic E-state index is 0.0585. The molecular weight excluding hydrogens is 386 g/mol. The van der Waals surface area contributed by atoms with Gasteiger partial charge in [-0.3, -0.25) is 9.59 Å². The van der Waals surface area contributed by atoms with E-state index in [1.165, 1.54) is 4.90 Å². The molecule has 1 saturated heterocycles. The first-order valence-corrected chi connectivity index (χ1v) is 9.87. The van der Waals surface area contributed by atoms with Gasteiger partial charge in [0.15, 0.2) is 11.5 Å². The summed E-state index contributed by atoms with van der Waals surface area (Å²) in [6, 6.07) is 11.4. The van der Waals surface area contributed by atoms with Gasteiger partial charge in [0.25, 0.3) is 11.7 Å². The van der Waals surface area contributed by atoms with Crippen LogP contribution >= 0.6 is 0 Å². The van der Waals surface area contributed by atoms with Crippen molar-refractivity contribution in [3.63, 3.8) is 0 Å². The lowest BCUT2D eigenvalue weighted by molar-refractivity contribution is -0.139. The minimum Gasteiger partial charge on any atom is -0.507 e. The van der Waals surface area contributed by atoms with Crippen LogP contribution in [-0.4, -0.2) is 42.1 Å². The van der Waals surface area contributed by atoms with Gasteiger partial charge in [0.05, 0.1) is 18.7 Å². The number of carbonyl (C=O) groups excluding carboxylic acids is 2. The van der Waals surface area contributed by atoms with Gasteiger partial charge in [0, 0.05) is 12.1 Å². The molecule has 7 heteroatoms. The van der Waals surface area contributed by atoms with E-state index in [4.69, 9.17) is 14.2 Å². The van der Waals surface area contributed by atoms with Gasteiger partial charge in [0.1, 0.15) is 11.5 Å². The van der Waals surface area contributed by atoms with Crippen molar-refractivity contribution in [3.05, 3.63) is 59.2 Å². The van der Waals surface area contributed by atoms with Gasteiger partial charge in [0.2, 0.25) is 6.79 Å². The predicted octanol–water partition coefficient (Wildman–Crippen LogP) is 3.65. The molecule has 1 N–H and O–H groups in total. The zero-order valence-corrected chi connectivity index (χ0v) is 16.9. The van der Waals surface area contributed by atoms with Gasteiger partial charge in [-0.05, 0) is 42.3 Å². The van der Waals surface area contributed by atoms with Crippen LogP contribution in [0.4, 0.5) is 0 Å². The van der Waals surface area contributed by atoms with Gasteiger partial charge in [-0.2, -0.15) is 0 Å². The Labute approximate surface area is 174 Å². The largest absolute Gasteiger partial charge is 0.507 e. The molecule has 0 saturated carbocycles. The molecule has 0 bridgehead atoms. The third-order valence-corrected chi connectivity index (χ3v) is 5.35. The number of likely N-dealkylation sites (tertiary alicyclic amines) is 1. The number of fused-ring (bicyclic) bond motifs is 1. The second-order valence-corrected chi connectivity index (χ2v) is 7.19. The first kappa shape index (κ1) is 19.8. The molecule has 30 heavy (non-hydrogen) atoms. The van der Waals surface area contributed by atoms with E-state index in [0.29, 0.717) is 34.9 Å². The van der Waals surface area contributed by atoms with Crippen LogP contribution in [0.3, 0.4) is 0 Å². The molecule has 0 aliphatic carbocycles. The molecule has 2 heterocycles. The van der Waals surface area contributed by atoms with Crippen molar-refractivity contribution >= 4 is 17.4 Å². The van der Waals surface area contributed by atoms with Gasteiger partial charge in [-0.1, -0.05) is 25.5 Å².